The minimum atomic E-state index is -0.382. The number of carbonyl (C=O) groups is 2. The highest BCUT2D eigenvalue weighted by Crippen LogP contribution is 2.41. The Hall–Kier alpha value is -2.93. The predicted octanol–water partition coefficient (Wildman–Crippen LogP) is 6.88. The van der Waals surface area contributed by atoms with Crippen molar-refractivity contribution in [2.24, 2.45) is 0 Å². The van der Waals surface area contributed by atoms with E-state index >= 15 is 0 Å². The first-order valence-corrected chi connectivity index (χ1v) is 14.6. The minimum Gasteiger partial charge on any atom is -0.339 e. The molecule has 0 radical (unpaired) electrons. The van der Waals surface area contributed by atoms with E-state index in [1.165, 1.54) is 12.1 Å². The average Bonchev–Trinajstić information content (AvgIpc) is 3.24. The fourth-order valence-electron chi connectivity index (χ4n) is 5.95. The third-order valence-corrected chi connectivity index (χ3v) is 7.93. The Balaban J connectivity index is 2.24. The van der Waals surface area contributed by atoms with E-state index in [2.05, 4.69) is 64.9 Å². The normalized spacial score (nSPS) is 15.1. The molecule has 7 heteroatoms. The van der Waals surface area contributed by atoms with Gasteiger partial charge < -0.3 is 19.3 Å². The van der Waals surface area contributed by atoms with Gasteiger partial charge in [-0.1, -0.05) is 13.8 Å². The monoisotopic (exact) mass is 552 g/mol. The lowest BCUT2D eigenvalue weighted by atomic mass is 10.0. The smallest absolute Gasteiger partial charge is 0.259 e. The molecule has 0 bridgehead atoms. The number of aromatic nitrogens is 1. The summed E-state index contributed by atoms with van der Waals surface area (Å²) in [6, 6.07) is 4.43. The quantitative estimate of drug-likeness (QED) is 0.336. The number of anilines is 1. The molecule has 6 nitrogen and oxygen atoms in total. The largest absolute Gasteiger partial charge is 0.339 e. The lowest BCUT2D eigenvalue weighted by Crippen LogP contribution is -2.49. The molecule has 0 N–H and O–H groups in total. The number of hydrogen-bond acceptors (Lipinski definition) is 3. The van der Waals surface area contributed by atoms with Crippen LogP contribution < -0.4 is 4.90 Å². The summed E-state index contributed by atoms with van der Waals surface area (Å²) in [7, 11) is 0. The van der Waals surface area contributed by atoms with Gasteiger partial charge in [0.1, 0.15) is 5.82 Å². The van der Waals surface area contributed by atoms with Gasteiger partial charge in [0, 0.05) is 47.2 Å². The van der Waals surface area contributed by atoms with Gasteiger partial charge in [-0.05, 0) is 112 Å². The van der Waals surface area contributed by atoms with Crippen molar-refractivity contribution in [3.8, 4) is 0 Å². The maximum atomic E-state index is 14.4. The van der Waals surface area contributed by atoms with Crippen LogP contribution in [0.2, 0.25) is 0 Å². The average molecular weight is 553 g/mol. The summed E-state index contributed by atoms with van der Waals surface area (Å²) in [6.45, 7) is 27.9. The van der Waals surface area contributed by atoms with Crippen LogP contribution in [0, 0.1) is 19.7 Å². The van der Waals surface area contributed by atoms with E-state index in [1.807, 2.05) is 38.7 Å². The molecule has 1 aliphatic rings. The zero-order chi connectivity index (χ0) is 30.3. The van der Waals surface area contributed by atoms with Gasteiger partial charge in [0.2, 0.25) is 0 Å². The second-order valence-electron chi connectivity index (χ2n) is 13.1. The van der Waals surface area contributed by atoms with Crippen molar-refractivity contribution in [1.29, 1.82) is 0 Å². The second kappa shape index (κ2) is 11.5. The number of amides is 2. The maximum absolute atomic E-state index is 14.4. The van der Waals surface area contributed by atoms with Crippen LogP contribution in [-0.4, -0.2) is 63.9 Å². The molecule has 0 fully saturated rings. The fourth-order valence-corrected chi connectivity index (χ4v) is 5.95. The van der Waals surface area contributed by atoms with Crippen molar-refractivity contribution in [3.05, 3.63) is 52.1 Å². The third-order valence-electron chi connectivity index (χ3n) is 7.93. The summed E-state index contributed by atoms with van der Waals surface area (Å²) in [4.78, 5) is 34.1. The van der Waals surface area contributed by atoms with Crippen LogP contribution in [0.25, 0.3) is 11.6 Å². The number of fused-ring (bicyclic) bond motifs is 1. The zero-order valence-electron chi connectivity index (χ0n) is 26.7. The topological polar surface area (TPSA) is 48.8 Å². The first-order valence-electron chi connectivity index (χ1n) is 14.6. The van der Waals surface area contributed by atoms with Crippen LogP contribution >= 0.6 is 0 Å². The summed E-state index contributed by atoms with van der Waals surface area (Å²) in [5, 5.41) is 0. The van der Waals surface area contributed by atoms with Crippen LogP contribution in [0.4, 0.5) is 10.1 Å². The van der Waals surface area contributed by atoms with E-state index in [9.17, 15) is 14.0 Å². The maximum Gasteiger partial charge on any atom is 0.259 e. The van der Waals surface area contributed by atoms with E-state index in [4.69, 9.17) is 0 Å². The first-order chi connectivity index (χ1) is 18.4. The van der Waals surface area contributed by atoms with E-state index in [0.717, 1.165) is 36.6 Å². The van der Waals surface area contributed by atoms with Crippen molar-refractivity contribution >= 4 is 29.2 Å². The van der Waals surface area contributed by atoms with Crippen LogP contribution in [-0.2, 0) is 10.3 Å². The lowest BCUT2D eigenvalue weighted by molar-refractivity contribution is -0.113. The summed E-state index contributed by atoms with van der Waals surface area (Å²) in [5.74, 6) is -0.546. The Bertz CT molecular complexity index is 1300. The van der Waals surface area contributed by atoms with Crippen LogP contribution in [0.15, 0.2) is 18.2 Å². The molecule has 2 amide bonds. The number of benzene rings is 1. The molecule has 0 saturated heterocycles. The number of nitrogens with zero attached hydrogens (tertiary/aromatic N) is 4. The lowest BCUT2D eigenvalue weighted by Gasteiger charge is -2.37. The summed E-state index contributed by atoms with van der Waals surface area (Å²) in [6.07, 6.45) is 1.87. The van der Waals surface area contributed by atoms with Gasteiger partial charge in [-0.3, -0.25) is 9.59 Å². The van der Waals surface area contributed by atoms with E-state index in [0.29, 0.717) is 28.9 Å². The van der Waals surface area contributed by atoms with Crippen molar-refractivity contribution in [1.82, 2.24) is 14.4 Å². The third kappa shape index (κ3) is 5.90. The molecule has 0 atom stereocenters. The molecule has 2 aromatic rings. The number of carbonyl (C=O) groups excluding carboxylic acids is 2. The summed E-state index contributed by atoms with van der Waals surface area (Å²) in [5.41, 5.74) is 4.17. The molecule has 3 rings (SSSR count). The molecule has 1 aromatic heterocycles. The van der Waals surface area contributed by atoms with Gasteiger partial charge in [0.15, 0.2) is 0 Å². The predicted molar refractivity (Wildman–Crippen MR) is 164 cm³/mol. The molecule has 220 valence electrons. The highest BCUT2D eigenvalue weighted by molar-refractivity contribution is 6.36. The first kappa shape index (κ1) is 31.6. The second-order valence-corrected chi connectivity index (χ2v) is 13.1. The molecule has 2 heterocycles. The number of rotatable bonds is 8. The van der Waals surface area contributed by atoms with Gasteiger partial charge in [-0.25, -0.2) is 4.39 Å². The molecular weight excluding hydrogens is 503 g/mol. The Labute approximate surface area is 240 Å². The van der Waals surface area contributed by atoms with E-state index < -0.39 is 0 Å². The van der Waals surface area contributed by atoms with Crippen molar-refractivity contribution in [3.63, 3.8) is 0 Å². The Morgan fingerprint density at radius 1 is 1.02 bits per heavy atom. The van der Waals surface area contributed by atoms with Crippen LogP contribution in [0.3, 0.4) is 0 Å². The van der Waals surface area contributed by atoms with E-state index in [1.54, 1.807) is 11.0 Å². The van der Waals surface area contributed by atoms with Crippen LogP contribution in [0.1, 0.15) is 102 Å². The molecule has 40 heavy (non-hydrogen) atoms. The Morgan fingerprint density at radius 3 is 2.12 bits per heavy atom. The minimum absolute atomic E-state index is 0.00898. The fraction of sp³-hybridized carbons (Fsp3) is 0.576. The molecule has 1 aromatic carbocycles. The van der Waals surface area contributed by atoms with Gasteiger partial charge in [0.05, 0.1) is 16.8 Å². The SMILES string of the molecule is CCN(CC)CCN(C(=O)c1c(C)c(/C=C2\C(=O)N(C(C)C)c3ccc(F)cc32)n(C(C)(C)C)c1C)C(C)(C)C. The Morgan fingerprint density at radius 2 is 1.62 bits per heavy atom. The Kier molecular flexibility index (Phi) is 9.10. The standard InChI is InChI=1S/C33H49FN4O2/c1-13-35(14-2)17-18-36(32(7,8)9)31(40)29-22(5)28(38(23(29)6)33(10,11)12)20-26-25-19-24(34)15-16-27(25)37(21(3)4)30(26)39/h15-16,19-21H,13-14,17-18H2,1-12H3/b26-20-. The highest BCUT2D eigenvalue weighted by Gasteiger charge is 2.37. The molecular formula is C33H49FN4O2. The number of likely N-dealkylation sites (N-methyl/N-ethyl adjacent to an activating group) is 1. The molecule has 0 aliphatic carbocycles. The molecule has 0 spiro atoms. The van der Waals surface area contributed by atoms with Gasteiger partial charge in [0.25, 0.3) is 11.8 Å². The van der Waals surface area contributed by atoms with Crippen molar-refractivity contribution in [2.75, 3.05) is 31.1 Å². The molecule has 0 unspecified atom stereocenters. The van der Waals surface area contributed by atoms with Gasteiger partial charge in [-0.2, -0.15) is 0 Å². The number of halogens is 1. The van der Waals surface area contributed by atoms with E-state index in [-0.39, 0.29) is 34.8 Å². The summed E-state index contributed by atoms with van der Waals surface area (Å²) >= 11 is 0. The number of hydrogen-bond donors (Lipinski definition) is 0. The highest BCUT2D eigenvalue weighted by atomic mass is 19.1. The molecule has 1 aliphatic heterocycles. The zero-order valence-corrected chi connectivity index (χ0v) is 26.7. The van der Waals surface area contributed by atoms with Crippen LogP contribution in [0.5, 0.6) is 0 Å². The summed E-state index contributed by atoms with van der Waals surface area (Å²) < 4.78 is 16.6. The van der Waals surface area contributed by atoms with Gasteiger partial charge >= 0.3 is 0 Å². The van der Waals surface area contributed by atoms with Crippen molar-refractivity contribution < 1.29 is 14.0 Å². The van der Waals surface area contributed by atoms with Crippen molar-refractivity contribution in [2.45, 2.75) is 100 Å². The molecule has 0 saturated carbocycles. The van der Waals surface area contributed by atoms with Gasteiger partial charge in [-0.15, -0.1) is 0 Å².